The number of rotatable bonds is 3. The van der Waals surface area contributed by atoms with Gasteiger partial charge in [-0.05, 0) is 17.8 Å². The fourth-order valence-corrected chi connectivity index (χ4v) is 1.63. The molecule has 0 fully saturated rings. The molecule has 0 radical (unpaired) electrons. The molecule has 0 aliphatic heterocycles. The Bertz CT molecular complexity index is 228. The molecule has 0 spiro atoms. The van der Waals surface area contributed by atoms with Crippen LogP contribution >= 0.6 is 0 Å². The van der Waals surface area contributed by atoms with E-state index < -0.39 is 11.3 Å². The summed E-state index contributed by atoms with van der Waals surface area (Å²) in [5.74, 6) is -0.149. The quantitative estimate of drug-likeness (QED) is 0.654. The number of nitroso groups, excluding NO2 is 1. The van der Waals surface area contributed by atoms with E-state index in [1.165, 1.54) is 0 Å². The second-order valence-electron chi connectivity index (χ2n) is 5.58. The van der Waals surface area contributed by atoms with Gasteiger partial charge in [-0.15, -0.1) is 4.91 Å². The van der Waals surface area contributed by atoms with Crippen molar-refractivity contribution in [2.24, 2.45) is 21.9 Å². The Morgan fingerprint density at radius 3 is 1.86 bits per heavy atom. The Morgan fingerprint density at radius 1 is 1.21 bits per heavy atom. The van der Waals surface area contributed by atoms with Gasteiger partial charge in [0.2, 0.25) is 0 Å². The maximum absolute atomic E-state index is 11.5. The molecule has 0 heterocycles. The van der Waals surface area contributed by atoms with Crippen molar-refractivity contribution in [2.75, 3.05) is 0 Å². The monoisotopic (exact) mass is 199 g/mol. The molecule has 0 aromatic heterocycles. The third kappa shape index (κ3) is 2.63. The highest BCUT2D eigenvalue weighted by Crippen LogP contribution is 2.44. The van der Waals surface area contributed by atoms with Crippen molar-refractivity contribution in [1.82, 2.24) is 0 Å². The van der Waals surface area contributed by atoms with Crippen molar-refractivity contribution >= 4 is 5.91 Å². The van der Waals surface area contributed by atoms with E-state index in [4.69, 9.17) is 0 Å². The van der Waals surface area contributed by atoms with Crippen LogP contribution in [0.2, 0.25) is 0 Å². The Kier molecular flexibility index (Phi) is 3.98. The van der Waals surface area contributed by atoms with Gasteiger partial charge in [0.15, 0.2) is 0 Å². The molecule has 0 aromatic carbocycles. The minimum Gasteiger partial charge on any atom is -0.268 e. The van der Waals surface area contributed by atoms with E-state index in [9.17, 15) is 9.70 Å². The third-order valence-electron chi connectivity index (χ3n) is 3.03. The maximum atomic E-state index is 11.5. The number of amides is 1. The van der Waals surface area contributed by atoms with Gasteiger partial charge in [-0.1, -0.05) is 41.5 Å². The molecular weight excluding hydrogens is 178 g/mol. The third-order valence-corrected chi connectivity index (χ3v) is 3.03. The van der Waals surface area contributed by atoms with Gasteiger partial charge in [-0.3, -0.25) is 4.79 Å². The predicted molar refractivity (Wildman–Crippen MR) is 57.8 cm³/mol. The summed E-state index contributed by atoms with van der Waals surface area (Å²) in [4.78, 5) is 21.9. The van der Waals surface area contributed by atoms with E-state index in [-0.39, 0.29) is 5.41 Å². The van der Waals surface area contributed by atoms with Crippen molar-refractivity contribution < 1.29 is 4.79 Å². The van der Waals surface area contributed by atoms with Crippen LogP contribution in [0.25, 0.3) is 0 Å². The minimum absolute atomic E-state index is 0.234. The van der Waals surface area contributed by atoms with Gasteiger partial charge in [-0.2, -0.15) is 0 Å². The largest absolute Gasteiger partial charge is 0.292 e. The number of carbonyl (C=O) groups is 1. The molecule has 0 unspecified atom stereocenters. The standard InChI is InChI=1S/C11H21NO2/c1-8(2)7-11(6,9(13)12-14)10(3,4)5/h8H,7H2,1-6H3/t11-/m1/s1. The minimum atomic E-state index is -0.650. The summed E-state index contributed by atoms with van der Waals surface area (Å²) in [6.07, 6.45) is 0.696. The molecule has 0 N–H and O–H groups in total. The first-order chi connectivity index (χ1) is 6.15. The summed E-state index contributed by atoms with van der Waals surface area (Å²) in [5, 5.41) is 2.59. The molecule has 0 rings (SSSR count). The lowest BCUT2D eigenvalue weighted by atomic mass is 9.63. The van der Waals surface area contributed by atoms with E-state index in [0.717, 1.165) is 0 Å². The molecule has 82 valence electrons. The van der Waals surface area contributed by atoms with Crippen LogP contribution in [0.4, 0.5) is 0 Å². The summed E-state index contributed by atoms with van der Waals surface area (Å²) in [6, 6.07) is 0. The van der Waals surface area contributed by atoms with Gasteiger partial charge < -0.3 is 0 Å². The molecule has 14 heavy (non-hydrogen) atoms. The topological polar surface area (TPSA) is 46.5 Å². The lowest BCUT2D eigenvalue weighted by Gasteiger charge is -2.39. The molecule has 0 aliphatic carbocycles. The second-order valence-corrected chi connectivity index (χ2v) is 5.58. The van der Waals surface area contributed by atoms with Gasteiger partial charge in [-0.25, -0.2) is 0 Å². The van der Waals surface area contributed by atoms with Crippen LogP contribution in [0.15, 0.2) is 5.18 Å². The van der Waals surface area contributed by atoms with E-state index in [2.05, 4.69) is 5.18 Å². The zero-order valence-electron chi connectivity index (χ0n) is 10.0. The normalized spacial score (nSPS) is 16.5. The fourth-order valence-electron chi connectivity index (χ4n) is 1.63. The highest BCUT2D eigenvalue weighted by Gasteiger charge is 2.45. The van der Waals surface area contributed by atoms with Gasteiger partial charge in [0.25, 0.3) is 5.91 Å². The first-order valence-electron chi connectivity index (χ1n) is 5.03. The van der Waals surface area contributed by atoms with Crippen LogP contribution in [-0.4, -0.2) is 5.91 Å². The molecule has 0 bridgehead atoms. The van der Waals surface area contributed by atoms with Gasteiger partial charge in [0.1, 0.15) is 0 Å². The average Bonchev–Trinajstić information content (AvgIpc) is 1.99. The molecule has 0 aliphatic rings. The van der Waals surface area contributed by atoms with Crippen molar-refractivity contribution in [3.05, 3.63) is 4.91 Å². The zero-order chi connectivity index (χ0) is 11.6. The molecule has 3 nitrogen and oxygen atoms in total. The molecule has 1 amide bonds. The van der Waals surface area contributed by atoms with E-state index in [1.807, 2.05) is 41.5 Å². The number of hydrogen-bond donors (Lipinski definition) is 0. The first-order valence-corrected chi connectivity index (χ1v) is 5.03. The van der Waals surface area contributed by atoms with E-state index in [0.29, 0.717) is 12.3 Å². The molecular formula is C11H21NO2. The SMILES string of the molecule is CC(C)C[C@](C)(C(=O)N=O)C(C)(C)C. The lowest BCUT2D eigenvalue weighted by Crippen LogP contribution is -2.40. The van der Waals surface area contributed by atoms with Crippen LogP contribution in [0.5, 0.6) is 0 Å². The van der Waals surface area contributed by atoms with Crippen LogP contribution in [0, 0.1) is 21.7 Å². The van der Waals surface area contributed by atoms with Crippen molar-refractivity contribution in [3.63, 3.8) is 0 Å². The smallest absolute Gasteiger partial charge is 0.268 e. The van der Waals surface area contributed by atoms with Crippen molar-refractivity contribution in [2.45, 2.75) is 48.0 Å². The first kappa shape index (κ1) is 13.3. The summed E-state index contributed by atoms with van der Waals surface area (Å²) >= 11 is 0. The number of nitrogens with zero attached hydrogens (tertiary/aromatic N) is 1. The summed E-state index contributed by atoms with van der Waals surface area (Å²) in [6.45, 7) is 11.8. The zero-order valence-corrected chi connectivity index (χ0v) is 10.0. The van der Waals surface area contributed by atoms with Gasteiger partial charge in [0, 0.05) is 5.18 Å². The Hall–Kier alpha value is -0.730. The van der Waals surface area contributed by atoms with Crippen LogP contribution in [0.1, 0.15) is 48.0 Å². The highest BCUT2D eigenvalue weighted by molar-refractivity contribution is 5.83. The van der Waals surface area contributed by atoms with Gasteiger partial charge >= 0.3 is 0 Å². The summed E-state index contributed by atoms with van der Waals surface area (Å²) < 4.78 is 0. The van der Waals surface area contributed by atoms with E-state index >= 15 is 0 Å². The van der Waals surface area contributed by atoms with Crippen molar-refractivity contribution in [3.8, 4) is 0 Å². The molecule has 3 heteroatoms. The number of carbonyl (C=O) groups excluding carboxylic acids is 1. The Labute approximate surface area is 86.2 Å². The second kappa shape index (κ2) is 4.20. The highest BCUT2D eigenvalue weighted by atomic mass is 16.3. The Balaban J connectivity index is 5.05. The van der Waals surface area contributed by atoms with Crippen molar-refractivity contribution in [1.29, 1.82) is 0 Å². The lowest BCUT2D eigenvalue weighted by molar-refractivity contribution is -0.134. The molecule has 1 atom stereocenters. The molecule has 0 saturated heterocycles. The average molecular weight is 199 g/mol. The molecule has 0 saturated carbocycles. The molecule has 0 aromatic rings. The fraction of sp³-hybridized carbons (Fsp3) is 0.909. The summed E-state index contributed by atoms with van der Waals surface area (Å²) in [5.41, 5.74) is -0.884. The predicted octanol–water partition coefficient (Wildman–Crippen LogP) is 3.38. The van der Waals surface area contributed by atoms with E-state index in [1.54, 1.807) is 0 Å². The van der Waals surface area contributed by atoms with Gasteiger partial charge in [0.05, 0.1) is 5.41 Å². The van der Waals surface area contributed by atoms with Crippen LogP contribution in [0.3, 0.4) is 0 Å². The Morgan fingerprint density at radius 2 is 1.64 bits per heavy atom. The number of hydrogen-bond acceptors (Lipinski definition) is 2. The van der Waals surface area contributed by atoms with Crippen LogP contribution in [-0.2, 0) is 4.79 Å². The summed E-state index contributed by atoms with van der Waals surface area (Å²) in [7, 11) is 0. The van der Waals surface area contributed by atoms with Crippen LogP contribution < -0.4 is 0 Å². The maximum Gasteiger partial charge on any atom is 0.292 e.